The zero-order chi connectivity index (χ0) is 16.0. The summed E-state index contributed by atoms with van der Waals surface area (Å²) in [4.78, 5) is 32.4. The summed E-state index contributed by atoms with van der Waals surface area (Å²) < 4.78 is 9.72. The number of esters is 1. The maximum Gasteiger partial charge on any atom is 0.333 e. The Morgan fingerprint density at radius 1 is 1.43 bits per heavy atom. The molecular formula is C13H14N2O6. The average Bonchev–Trinajstić information content (AvgIpc) is 2.45. The summed E-state index contributed by atoms with van der Waals surface area (Å²) >= 11 is 0. The summed E-state index contributed by atoms with van der Waals surface area (Å²) in [6.07, 6.45) is 1.43. The molecule has 0 unspecified atom stereocenters. The van der Waals surface area contributed by atoms with Crippen LogP contribution in [0, 0.1) is 10.1 Å². The van der Waals surface area contributed by atoms with E-state index in [0.29, 0.717) is 5.57 Å². The lowest BCUT2D eigenvalue weighted by molar-refractivity contribution is -0.385. The smallest absolute Gasteiger partial charge is 0.333 e. The highest BCUT2D eigenvalue weighted by Crippen LogP contribution is 2.27. The minimum atomic E-state index is -0.772. The van der Waals surface area contributed by atoms with Crippen LogP contribution in [0.5, 0.6) is 5.75 Å². The van der Waals surface area contributed by atoms with Gasteiger partial charge in [0, 0.05) is 17.2 Å². The predicted molar refractivity (Wildman–Crippen MR) is 72.9 cm³/mol. The number of nitro groups is 1. The fourth-order valence-electron chi connectivity index (χ4n) is 1.44. The number of nitro benzene ring substituents is 1. The van der Waals surface area contributed by atoms with Crippen LogP contribution in [0.3, 0.4) is 0 Å². The fraction of sp³-hybridized carbons (Fsp3) is 0.231. The number of benzene rings is 1. The quantitative estimate of drug-likeness (QED) is 0.364. The molecule has 0 saturated heterocycles. The maximum absolute atomic E-state index is 11.1. The highest BCUT2D eigenvalue weighted by molar-refractivity contribution is 5.93. The van der Waals surface area contributed by atoms with Gasteiger partial charge in [-0.05, 0) is 25.1 Å². The molecule has 0 heterocycles. The Bertz CT molecular complexity index is 609. The van der Waals surface area contributed by atoms with Crippen LogP contribution in [-0.2, 0) is 9.53 Å². The number of nitrogens with two attached hydrogens (primary N) is 1. The van der Waals surface area contributed by atoms with Gasteiger partial charge in [0.15, 0.2) is 5.75 Å². The molecule has 0 saturated carbocycles. The number of hydrogen-bond acceptors (Lipinski definition) is 6. The van der Waals surface area contributed by atoms with Crippen LogP contribution in [0.2, 0.25) is 0 Å². The van der Waals surface area contributed by atoms with Gasteiger partial charge in [0.05, 0.1) is 12.0 Å². The maximum atomic E-state index is 11.1. The van der Waals surface area contributed by atoms with E-state index in [1.165, 1.54) is 32.2 Å². The first kappa shape index (κ1) is 16.2. The molecule has 8 heteroatoms. The molecule has 8 nitrogen and oxygen atoms in total. The van der Waals surface area contributed by atoms with Crippen LogP contribution >= 0.6 is 0 Å². The van der Waals surface area contributed by atoms with Crippen molar-refractivity contribution >= 4 is 17.6 Å². The van der Waals surface area contributed by atoms with Crippen molar-refractivity contribution < 1.29 is 24.0 Å². The number of methoxy groups -OCH3 is 1. The molecule has 1 aromatic rings. The van der Waals surface area contributed by atoms with Crippen molar-refractivity contribution in [3.63, 3.8) is 0 Å². The number of ether oxygens (including phenoxy) is 2. The lowest BCUT2D eigenvalue weighted by Gasteiger charge is -2.06. The molecule has 21 heavy (non-hydrogen) atoms. The molecule has 0 atom stereocenters. The first-order valence-corrected chi connectivity index (χ1v) is 5.83. The summed E-state index contributed by atoms with van der Waals surface area (Å²) in [5, 5.41) is 10.9. The Labute approximate surface area is 120 Å². The molecule has 1 rings (SSSR count). The molecule has 0 aliphatic carbocycles. The molecule has 0 aliphatic heterocycles. The summed E-state index contributed by atoms with van der Waals surface area (Å²) in [7, 11) is 1.24. The number of rotatable bonds is 6. The SMILES string of the molecule is COC(=O)C(C)=CCOc1ccc(C(N)=O)cc1[N+](=O)[O-]. The minimum absolute atomic E-state index is 0.00957. The Balaban J connectivity index is 2.91. The second-order valence-electron chi connectivity index (χ2n) is 3.99. The fourth-order valence-corrected chi connectivity index (χ4v) is 1.44. The van der Waals surface area contributed by atoms with Gasteiger partial charge in [0.1, 0.15) is 6.61 Å². The van der Waals surface area contributed by atoms with Gasteiger partial charge in [-0.2, -0.15) is 0 Å². The van der Waals surface area contributed by atoms with E-state index in [1.807, 2.05) is 0 Å². The van der Waals surface area contributed by atoms with Gasteiger partial charge in [-0.25, -0.2) is 4.79 Å². The average molecular weight is 294 g/mol. The Morgan fingerprint density at radius 3 is 2.62 bits per heavy atom. The van der Waals surface area contributed by atoms with Crippen molar-refractivity contribution in [1.29, 1.82) is 0 Å². The Morgan fingerprint density at radius 2 is 2.10 bits per heavy atom. The number of nitrogens with zero attached hydrogens (tertiary/aromatic N) is 1. The van der Waals surface area contributed by atoms with Gasteiger partial charge < -0.3 is 15.2 Å². The molecule has 0 radical (unpaired) electrons. The predicted octanol–water partition coefficient (Wildman–Crippen LogP) is 1.19. The van der Waals surface area contributed by atoms with Crippen LogP contribution < -0.4 is 10.5 Å². The van der Waals surface area contributed by atoms with Crippen molar-refractivity contribution in [2.45, 2.75) is 6.92 Å². The first-order valence-electron chi connectivity index (χ1n) is 5.83. The molecule has 0 bridgehead atoms. The summed E-state index contributed by atoms with van der Waals surface area (Å²) in [5.41, 5.74) is 5.00. The van der Waals surface area contributed by atoms with Gasteiger partial charge in [-0.1, -0.05) is 0 Å². The van der Waals surface area contributed by atoms with Crippen LogP contribution in [0.1, 0.15) is 17.3 Å². The van der Waals surface area contributed by atoms with E-state index in [-0.39, 0.29) is 23.6 Å². The van der Waals surface area contributed by atoms with Crippen LogP contribution in [0.25, 0.3) is 0 Å². The zero-order valence-electron chi connectivity index (χ0n) is 11.5. The minimum Gasteiger partial charge on any atom is -0.483 e. The van der Waals surface area contributed by atoms with E-state index in [2.05, 4.69) is 4.74 Å². The van der Waals surface area contributed by atoms with Crippen molar-refractivity contribution in [3.05, 3.63) is 45.5 Å². The summed E-state index contributed by atoms with van der Waals surface area (Å²) in [6.45, 7) is 1.47. The monoisotopic (exact) mass is 294 g/mol. The lowest BCUT2D eigenvalue weighted by atomic mass is 10.2. The number of carbonyl (C=O) groups excluding carboxylic acids is 2. The van der Waals surface area contributed by atoms with Crippen molar-refractivity contribution in [2.75, 3.05) is 13.7 Å². The molecule has 0 aliphatic rings. The molecule has 112 valence electrons. The Kier molecular flexibility index (Phi) is 5.41. The molecular weight excluding hydrogens is 280 g/mol. The van der Waals surface area contributed by atoms with Crippen LogP contribution in [-0.4, -0.2) is 30.5 Å². The van der Waals surface area contributed by atoms with Crippen molar-refractivity contribution in [1.82, 2.24) is 0 Å². The summed E-state index contributed by atoms with van der Waals surface area (Å²) in [5.74, 6) is -1.32. The molecule has 1 amide bonds. The van der Waals surface area contributed by atoms with Crippen molar-refractivity contribution in [3.8, 4) is 5.75 Å². The normalized spacial score (nSPS) is 10.9. The molecule has 0 fully saturated rings. The number of primary amides is 1. The van der Waals surface area contributed by atoms with E-state index in [0.717, 1.165) is 6.07 Å². The van der Waals surface area contributed by atoms with Gasteiger partial charge >= 0.3 is 11.7 Å². The van der Waals surface area contributed by atoms with E-state index < -0.39 is 16.8 Å². The van der Waals surface area contributed by atoms with Gasteiger partial charge in [0.25, 0.3) is 0 Å². The highest BCUT2D eigenvalue weighted by Gasteiger charge is 2.17. The van der Waals surface area contributed by atoms with Crippen LogP contribution in [0.15, 0.2) is 29.8 Å². The van der Waals surface area contributed by atoms with E-state index in [1.54, 1.807) is 0 Å². The molecule has 2 N–H and O–H groups in total. The number of hydrogen-bond donors (Lipinski definition) is 1. The second-order valence-corrected chi connectivity index (χ2v) is 3.99. The van der Waals surface area contributed by atoms with Crippen molar-refractivity contribution in [2.24, 2.45) is 5.73 Å². The third kappa shape index (κ3) is 4.30. The molecule has 0 aromatic heterocycles. The van der Waals surface area contributed by atoms with Crippen LogP contribution in [0.4, 0.5) is 5.69 Å². The molecule has 0 spiro atoms. The van der Waals surface area contributed by atoms with E-state index in [9.17, 15) is 19.7 Å². The topological polar surface area (TPSA) is 122 Å². The lowest BCUT2D eigenvalue weighted by Crippen LogP contribution is -2.11. The van der Waals surface area contributed by atoms with Gasteiger partial charge in [-0.15, -0.1) is 0 Å². The third-order valence-corrected chi connectivity index (χ3v) is 2.58. The standard InChI is InChI=1S/C13H14N2O6/c1-8(13(17)20-2)5-6-21-11-4-3-9(12(14)16)7-10(11)15(18)19/h3-5,7H,6H2,1-2H3,(H2,14,16). The largest absolute Gasteiger partial charge is 0.483 e. The number of amides is 1. The molecule has 1 aromatic carbocycles. The zero-order valence-corrected chi connectivity index (χ0v) is 11.5. The van der Waals surface area contributed by atoms with E-state index in [4.69, 9.17) is 10.5 Å². The van der Waals surface area contributed by atoms with E-state index >= 15 is 0 Å². The second kappa shape index (κ2) is 7.04. The Hall–Kier alpha value is -2.90. The van der Waals surface area contributed by atoms with Gasteiger partial charge in [0.2, 0.25) is 5.91 Å². The third-order valence-electron chi connectivity index (χ3n) is 2.58. The summed E-state index contributed by atoms with van der Waals surface area (Å²) in [6, 6.07) is 3.63. The highest BCUT2D eigenvalue weighted by atomic mass is 16.6. The first-order chi connectivity index (χ1) is 9.86. The number of carbonyl (C=O) groups is 2. The van der Waals surface area contributed by atoms with Gasteiger partial charge in [-0.3, -0.25) is 14.9 Å².